The zero-order valence-electron chi connectivity index (χ0n) is 14.1. The molecule has 2 aromatic rings. The zero-order chi connectivity index (χ0) is 17.3. The lowest BCUT2D eigenvalue weighted by Gasteiger charge is -2.14. The smallest absolute Gasteiger partial charge is 0.254 e. The Balaban J connectivity index is 1.72. The summed E-state index contributed by atoms with van der Waals surface area (Å²) in [5.41, 5.74) is 4.55. The molecule has 6 heteroatoms. The molecule has 1 aromatic carbocycles. The molecule has 1 aliphatic rings. The molecule has 0 fully saturated rings. The van der Waals surface area contributed by atoms with Crippen molar-refractivity contribution in [1.82, 2.24) is 9.97 Å². The minimum atomic E-state index is -0.354. The van der Waals surface area contributed by atoms with Crippen LogP contribution in [0.2, 0.25) is 0 Å². The van der Waals surface area contributed by atoms with E-state index >= 15 is 0 Å². The normalized spacial score (nSPS) is 14.3. The van der Waals surface area contributed by atoms with Crippen LogP contribution >= 0.6 is 11.8 Å². The molecule has 126 valence electrons. The lowest BCUT2D eigenvalue weighted by atomic mass is 10.1. The van der Waals surface area contributed by atoms with E-state index in [0.717, 1.165) is 47.3 Å². The first kappa shape index (κ1) is 16.8. The van der Waals surface area contributed by atoms with Crippen molar-refractivity contribution in [1.29, 1.82) is 0 Å². The van der Waals surface area contributed by atoms with Crippen molar-refractivity contribution in [2.24, 2.45) is 0 Å². The van der Waals surface area contributed by atoms with Crippen LogP contribution < -0.4 is 10.9 Å². The molecule has 0 bridgehead atoms. The van der Waals surface area contributed by atoms with Crippen LogP contribution in [0.25, 0.3) is 0 Å². The first-order chi connectivity index (χ1) is 11.4. The molecular weight excluding hydrogens is 322 g/mol. The molecule has 24 heavy (non-hydrogen) atoms. The molecule has 1 unspecified atom stereocenters. The molecule has 1 heterocycles. The topological polar surface area (TPSA) is 74.8 Å². The highest BCUT2D eigenvalue weighted by Crippen LogP contribution is 2.24. The first-order valence-corrected chi connectivity index (χ1v) is 8.99. The van der Waals surface area contributed by atoms with Gasteiger partial charge in [-0.3, -0.25) is 9.59 Å². The molecule has 1 atom stereocenters. The number of nitrogens with zero attached hydrogens (tertiary/aromatic N) is 1. The summed E-state index contributed by atoms with van der Waals surface area (Å²) in [5.74, 6) is -0.100. The van der Waals surface area contributed by atoms with Crippen molar-refractivity contribution < 1.29 is 4.79 Å². The summed E-state index contributed by atoms with van der Waals surface area (Å²) in [6, 6.07) is 5.96. The Morgan fingerprint density at radius 1 is 1.33 bits per heavy atom. The highest BCUT2D eigenvalue weighted by atomic mass is 32.2. The van der Waals surface area contributed by atoms with Crippen molar-refractivity contribution in [3.63, 3.8) is 0 Å². The monoisotopic (exact) mass is 343 g/mol. The number of nitrogens with one attached hydrogen (secondary N) is 2. The summed E-state index contributed by atoms with van der Waals surface area (Å²) in [7, 11) is 0. The molecule has 0 aliphatic heterocycles. The fourth-order valence-electron chi connectivity index (χ4n) is 2.80. The second-order valence-electron chi connectivity index (χ2n) is 6.22. The maximum Gasteiger partial charge on any atom is 0.254 e. The van der Waals surface area contributed by atoms with Crippen LogP contribution in [0.1, 0.15) is 35.7 Å². The van der Waals surface area contributed by atoms with Gasteiger partial charge in [0.05, 0.1) is 10.9 Å². The number of rotatable bonds is 4. The van der Waals surface area contributed by atoms with Crippen LogP contribution in [0, 0.1) is 13.8 Å². The molecule has 3 rings (SSSR count). The number of anilines is 1. The molecule has 0 spiro atoms. The van der Waals surface area contributed by atoms with Gasteiger partial charge in [-0.2, -0.15) is 0 Å². The number of H-pyrrole nitrogens is 1. The van der Waals surface area contributed by atoms with Gasteiger partial charge in [0.1, 0.15) is 0 Å². The van der Waals surface area contributed by atoms with E-state index in [1.54, 1.807) is 0 Å². The average Bonchev–Trinajstić information content (AvgIpc) is 2.99. The van der Waals surface area contributed by atoms with E-state index in [4.69, 9.17) is 0 Å². The first-order valence-electron chi connectivity index (χ1n) is 8.11. The minimum absolute atomic E-state index is 0.0675. The molecule has 1 aromatic heterocycles. The SMILES string of the molecule is Cc1ccc(C)c(NC(=O)C(C)Sc2nc3c(c(=O)[nH]2)CCC3)c1. The summed E-state index contributed by atoms with van der Waals surface area (Å²) in [4.78, 5) is 31.8. The highest BCUT2D eigenvalue weighted by molar-refractivity contribution is 8.00. The summed E-state index contributed by atoms with van der Waals surface area (Å²) in [6.07, 6.45) is 2.61. The predicted molar refractivity (Wildman–Crippen MR) is 96.7 cm³/mol. The Kier molecular flexibility index (Phi) is 4.76. The highest BCUT2D eigenvalue weighted by Gasteiger charge is 2.21. The maximum atomic E-state index is 12.4. The van der Waals surface area contributed by atoms with Crippen molar-refractivity contribution in [3.8, 4) is 0 Å². The Labute approximate surface area is 145 Å². The van der Waals surface area contributed by atoms with Gasteiger partial charge in [-0.05, 0) is 57.2 Å². The van der Waals surface area contributed by atoms with Crippen molar-refractivity contribution in [3.05, 3.63) is 50.9 Å². The van der Waals surface area contributed by atoms with Gasteiger partial charge >= 0.3 is 0 Å². The largest absolute Gasteiger partial charge is 0.325 e. The third-order valence-electron chi connectivity index (χ3n) is 4.23. The molecule has 0 radical (unpaired) electrons. The van der Waals surface area contributed by atoms with Gasteiger partial charge < -0.3 is 10.3 Å². The lowest BCUT2D eigenvalue weighted by Crippen LogP contribution is -2.24. The number of carbonyl (C=O) groups excluding carboxylic acids is 1. The standard InChI is InChI=1S/C18H21N3O2S/c1-10-7-8-11(2)15(9-10)19-16(22)12(3)24-18-20-14-6-4-5-13(14)17(23)21-18/h7-9,12H,4-6H2,1-3H3,(H,19,22)(H,20,21,23). The van der Waals surface area contributed by atoms with Gasteiger partial charge in [-0.15, -0.1) is 0 Å². The number of aryl methyl sites for hydroxylation is 3. The number of benzene rings is 1. The van der Waals surface area contributed by atoms with E-state index in [1.165, 1.54) is 11.8 Å². The van der Waals surface area contributed by atoms with E-state index in [-0.39, 0.29) is 16.7 Å². The number of aromatic nitrogens is 2. The number of hydrogen-bond donors (Lipinski definition) is 2. The van der Waals surface area contributed by atoms with Crippen LogP contribution in [0.5, 0.6) is 0 Å². The van der Waals surface area contributed by atoms with Gasteiger partial charge in [-0.25, -0.2) is 4.98 Å². The van der Waals surface area contributed by atoms with Crippen LogP contribution in [-0.2, 0) is 17.6 Å². The molecule has 2 N–H and O–H groups in total. The van der Waals surface area contributed by atoms with Gasteiger partial charge in [-0.1, -0.05) is 23.9 Å². The summed E-state index contributed by atoms with van der Waals surface area (Å²) >= 11 is 1.28. The lowest BCUT2D eigenvalue weighted by molar-refractivity contribution is -0.115. The molecule has 1 aliphatic carbocycles. The molecule has 5 nitrogen and oxygen atoms in total. The minimum Gasteiger partial charge on any atom is -0.325 e. The second-order valence-corrected chi connectivity index (χ2v) is 7.55. The van der Waals surface area contributed by atoms with Crippen molar-refractivity contribution >= 4 is 23.4 Å². The molecule has 0 saturated carbocycles. The van der Waals surface area contributed by atoms with Gasteiger partial charge in [0.25, 0.3) is 5.56 Å². The number of aromatic amines is 1. The van der Waals surface area contributed by atoms with Crippen LogP contribution in [0.4, 0.5) is 5.69 Å². The third kappa shape index (κ3) is 3.53. The van der Waals surface area contributed by atoms with Crippen LogP contribution in [-0.4, -0.2) is 21.1 Å². The van der Waals surface area contributed by atoms with Gasteiger partial charge in [0.15, 0.2) is 5.16 Å². The summed E-state index contributed by atoms with van der Waals surface area (Å²) < 4.78 is 0. The van der Waals surface area contributed by atoms with Crippen molar-refractivity contribution in [2.45, 2.75) is 50.4 Å². The number of hydrogen-bond acceptors (Lipinski definition) is 4. The zero-order valence-corrected chi connectivity index (χ0v) is 14.9. The number of thioether (sulfide) groups is 1. The molecule has 1 amide bonds. The van der Waals surface area contributed by atoms with Gasteiger partial charge in [0, 0.05) is 11.3 Å². The Morgan fingerprint density at radius 2 is 2.12 bits per heavy atom. The number of amides is 1. The third-order valence-corrected chi connectivity index (χ3v) is 5.21. The van der Waals surface area contributed by atoms with Crippen molar-refractivity contribution in [2.75, 3.05) is 5.32 Å². The average molecular weight is 343 g/mol. The fraction of sp³-hybridized carbons (Fsp3) is 0.389. The fourth-order valence-corrected chi connectivity index (χ4v) is 3.62. The Morgan fingerprint density at radius 3 is 2.92 bits per heavy atom. The Hall–Kier alpha value is -2.08. The number of carbonyl (C=O) groups is 1. The number of fused-ring (bicyclic) bond motifs is 1. The summed E-state index contributed by atoms with van der Waals surface area (Å²) in [6.45, 7) is 5.78. The quantitative estimate of drug-likeness (QED) is 0.661. The molecule has 0 saturated heterocycles. The van der Waals surface area contributed by atoms with E-state index in [1.807, 2.05) is 39.0 Å². The van der Waals surface area contributed by atoms with Crippen LogP contribution in [0.3, 0.4) is 0 Å². The maximum absolute atomic E-state index is 12.4. The van der Waals surface area contributed by atoms with Crippen LogP contribution in [0.15, 0.2) is 28.2 Å². The van der Waals surface area contributed by atoms with E-state index in [9.17, 15) is 9.59 Å². The van der Waals surface area contributed by atoms with E-state index in [2.05, 4.69) is 15.3 Å². The molecular formula is C18H21N3O2S. The van der Waals surface area contributed by atoms with E-state index in [0.29, 0.717) is 5.16 Å². The van der Waals surface area contributed by atoms with Gasteiger partial charge in [0.2, 0.25) is 5.91 Å². The Bertz CT molecular complexity index is 845. The predicted octanol–water partition coefficient (Wildman–Crippen LogP) is 2.99. The second kappa shape index (κ2) is 6.81. The summed E-state index contributed by atoms with van der Waals surface area (Å²) in [5, 5.41) is 3.12. The van der Waals surface area contributed by atoms with E-state index < -0.39 is 0 Å².